The minimum atomic E-state index is -0.262. The van der Waals surface area contributed by atoms with Crippen LogP contribution in [-0.4, -0.2) is 29.5 Å². The third kappa shape index (κ3) is 5.22. The van der Waals surface area contributed by atoms with E-state index in [1.165, 1.54) is 12.8 Å². The number of carbonyl (C=O) groups is 1. The molecule has 2 N–H and O–H groups in total. The van der Waals surface area contributed by atoms with Gasteiger partial charge in [-0.25, -0.2) is 9.97 Å². The van der Waals surface area contributed by atoms with Crippen molar-refractivity contribution in [2.45, 2.75) is 33.1 Å². The zero-order chi connectivity index (χ0) is 17.4. The summed E-state index contributed by atoms with van der Waals surface area (Å²) in [5.41, 5.74) is 1.03. The lowest BCUT2D eigenvalue weighted by Gasteiger charge is -2.09. The van der Waals surface area contributed by atoms with E-state index < -0.39 is 0 Å². The molecule has 0 atom stereocenters. The van der Waals surface area contributed by atoms with E-state index in [1.54, 1.807) is 44.4 Å². The van der Waals surface area contributed by atoms with Gasteiger partial charge in [-0.05, 0) is 37.6 Å². The second-order valence-corrected chi connectivity index (χ2v) is 5.50. The Morgan fingerprint density at radius 3 is 2.58 bits per heavy atom. The van der Waals surface area contributed by atoms with Crippen molar-refractivity contribution in [3.8, 4) is 5.75 Å². The van der Waals surface area contributed by atoms with Crippen molar-refractivity contribution in [1.29, 1.82) is 0 Å². The van der Waals surface area contributed by atoms with Crippen LogP contribution in [0.2, 0.25) is 0 Å². The lowest BCUT2D eigenvalue weighted by molar-refractivity contribution is 0.102. The molecule has 0 saturated carbocycles. The molecule has 6 heteroatoms. The number of rotatable bonds is 8. The van der Waals surface area contributed by atoms with Crippen LogP contribution in [0.4, 0.5) is 11.5 Å². The Morgan fingerprint density at radius 1 is 1.17 bits per heavy atom. The summed E-state index contributed by atoms with van der Waals surface area (Å²) in [4.78, 5) is 20.9. The number of amides is 1. The van der Waals surface area contributed by atoms with Crippen molar-refractivity contribution in [3.05, 3.63) is 41.9 Å². The largest absolute Gasteiger partial charge is 0.497 e. The molecule has 1 aromatic heterocycles. The molecule has 2 aromatic rings. The highest BCUT2D eigenvalue weighted by molar-refractivity contribution is 6.03. The molecular formula is C18H24N4O2. The molecule has 24 heavy (non-hydrogen) atoms. The van der Waals surface area contributed by atoms with Crippen molar-refractivity contribution < 1.29 is 9.53 Å². The minimum Gasteiger partial charge on any atom is -0.497 e. The van der Waals surface area contributed by atoms with Gasteiger partial charge in [-0.2, -0.15) is 0 Å². The topological polar surface area (TPSA) is 76.1 Å². The summed E-state index contributed by atoms with van der Waals surface area (Å²) in [7, 11) is 1.60. The maximum atomic E-state index is 12.4. The lowest BCUT2D eigenvalue weighted by Crippen LogP contribution is -2.16. The van der Waals surface area contributed by atoms with E-state index in [2.05, 4.69) is 27.5 Å². The van der Waals surface area contributed by atoms with Gasteiger partial charge in [0.25, 0.3) is 5.91 Å². The number of anilines is 2. The number of nitrogens with one attached hydrogen (secondary N) is 2. The van der Waals surface area contributed by atoms with Crippen LogP contribution >= 0.6 is 0 Å². The maximum absolute atomic E-state index is 12.4. The molecule has 6 nitrogen and oxygen atoms in total. The van der Waals surface area contributed by atoms with Gasteiger partial charge < -0.3 is 15.4 Å². The molecule has 0 radical (unpaired) electrons. The van der Waals surface area contributed by atoms with E-state index in [9.17, 15) is 4.79 Å². The van der Waals surface area contributed by atoms with Gasteiger partial charge in [-0.1, -0.05) is 19.8 Å². The van der Waals surface area contributed by atoms with Crippen LogP contribution < -0.4 is 15.4 Å². The van der Waals surface area contributed by atoms with E-state index in [0.29, 0.717) is 23.0 Å². The Hall–Kier alpha value is -2.63. The molecule has 0 aliphatic rings. The number of benzene rings is 1. The molecule has 128 valence electrons. The van der Waals surface area contributed by atoms with Crippen LogP contribution in [0.1, 0.15) is 42.5 Å². The quantitative estimate of drug-likeness (QED) is 0.723. The summed E-state index contributed by atoms with van der Waals surface area (Å²) in [6, 6.07) is 8.84. The molecule has 0 fully saturated rings. The fourth-order valence-corrected chi connectivity index (χ4v) is 2.24. The first-order valence-corrected chi connectivity index (χ1v) is 8.17. The molecule has 1 amide bonds. The SMILES string of the molecule is CCCCCNc1cc(C(=O)Nc2ccc(OC)cc2)nc(C)n1. The van der Waals surface area contributed by atoms with Crippen LogP contribution in [0.3, 0.4) is 0 Å². The first-order chi connectivity index (χ1) is 11.6. The number of nitrogens with zero attached hydrogens (tertiary/aromatic N) is 2. The van der Waals surface area contributed by atoms with Gasteiger partial charge in [-0.3, -0.25) is 4.79 Å². The fraction of sp³-hybridized carbons (Fsp3) is 0.389. The van der Waals surface area contributed by atoms with Gasteiger partial charge in [0.05, 0.1) is 7.11 Å². The summed E-state index contributed by atoms with van der Waals surface area (Å²) in [6.45, 7) is 4.78. The summed E-state index contributed by atoms with van der Waals surface area (Å²) >= 11 is 0. The van der Waals surface area contributed by atoms with Gasteiger partial charge >= 0.3 is 0 Å². The Kier molecular flexibility index (Phi) is 6.54. The Bertz CT molecular complexity index is 671. The van der Waals surface area contributed by atoms with Crippen molar-refractivity contribution in [1.82, 2.24) is 9.97 Å². The first kappa shape index (κ1) is 17.7. The third-order valence-corrected chi connectivity index (χ3v) is 3.50. The molecule has 2 rings (SSSR count). The predicted octanol–water partition coefficient (Wildman–Crippen LogP) is 3.65. The lowest BCUT2D eigenvalue weighted by atomic mass is 10.2. The van der Waals surface area contributed by atoms with Crippen LogP contribution in [-0.2, 0) is 0 Å². The normalized spacial score (nSPS) is 10.3. The summed E-state index contributed by atoms with van der Waals surface area (Å²) in [6.07, 6.45) is 3.41. The second-order valence-electron chi connectivity index (χ2n) is 5.50. The first-order valence-electron chi connectivity index (χ1n) is 8.17. The standard InChI is InChI=1S/C18H24N4O2/c1-4-5-6-11-19-17-12-16(20-13(2)21-17)18(23)22-14-7-9-15(24-3)10-8-14/h7-10,12H,4-6,11H2,1-3H3,(H,22,23)(H,19,20,21). The second kappa shape index (κ2) is 8.86. The summed E-state index contributed by atoms with van der Waals surface area (Å²) < 4.78 is 5.10. The van der Waals surface area contributed by atoms with E-state index in [4.69, 9.17) is 4.74 Å². The van der Waals surface area contributed by atoms with Gasteiger partial charge in [0, 0.05) is 18.3 Å². The van der Waals surface area contributed by atoms with Crippen LogP contribution in [0.15, 0.2) is 30.3 Å². The molecule has 1 aromatic carbocycles. The van der Waals surface area contributed by atoms with Crippen LogP contribution in [0, 0.1) is 6.92 Å². The average Bonchev–Trinajstić information content (AvgIpc) is 2.59. The summed E-state index contributed by atoms with van der Waals surface area (Å²) in [5, 5.41) is 6.07. The number of ether oxygens (including phenoxy) is 1. The van der Waals surface area contributed by atoms with Gasteiger partial charge in [-0.15, -0.1) is 0 Å². The fourth-order valence-electron chi connectivity index (χ4n) is 2.24. The van der Waals surface area contributed by atoms with E-state index in [-0.39, 0.29) is 5.91 Å². The molecule has 0 aliphatic carbocycles. The van der Waals surface area contributed by atoms with E-state index in [0.717, 1.165) is 18.7 Å². The molecular weight excluding hydrogens is 304 g/mol. The molecule has 1 heterocycles. The smallest absolute Gasteiger partial charge is 0.274 e. The van der Waals surface area contributed by atoms with E-state index in [1.807, 2.05) is 0 Å². The van der Waals surface area contributed by atoms with Gasteiger partial charge in [0.1, 0.15) is 23.1 Å². The number of aromatic nitrogens is 2. The average molecular weight is 328 g/mol. The number of unbranched alkanes of at least 4 members (excludes halogenated alkanes) is 2. The minimum absolute atomic E-state index is 0.262. The number of aryl methyl sites for hydroxylation is 1. The number of hydrogen-bond donors (Lipinski definition) is 2. The van der Waals surface area contributed by atoms with Gasteiger partial charge in [0.15, 0.2) is 0 Å². The van der Waals surface area contributed by atoms with Crippen molar-refractivity contribution >= 4 is 17.4 Å². The third-order valence-electron chi connectivity index (χ3n) is 3.50. The van der Waals surface area contributed by atoms with Gasteiger partial charge in [0.2, 0.25) is 0 Å². The van der Waals surface area contributed by atoms with Crippen LogP contribution in [0.25, 0.3) is 0 Å². The number of hydrogen-bond acceptors (Lipinski definition) is 5. The highest BCUT2D eigenvalue weighted by atomic mass is 16.5. The monoisotopic (exact) mass is 328 g/mol. The number of carbonyl (C=O) groups excluding carboxylic acids is 1. The van der Waals surface area contributed by atoms with Crippen molar-refractivity contribution in [2.24, 2.45) is 0 Å². The molecule has 0 aliphatic heterocycles. The Morgan fingerprint density at radius 2 is 1.92 bits per heavy atom. The van der Waals surface area contributed by atoms with Crippen molar-refractivity contribution in [2.75, 3.05) is 24.3 Å². The Labute approximate surface area is 142 Å². The number of methoxy groups -OCH3 is 1. The molecule has 0 unspecified atom stereocenters. The maximum Gasteiger partial charge on any atom is 0.274 e. The van der Waals surface area contributed by atoms with E-state index >= 15 is 0 Å². The summed E-state index contributed by atoms with van der Waals surface area (Å²) in [5.74, 6) is 1.72. The highest BCUT2D eigenvalue weighted by Crippen LogP contribution is 2.16. The molecule has 0 bridgehead atoms. The zero-order valence-corrected chi connectivity index (χ0v) is 14.4. The zero-order valence-electron chi connectivity index (χ0n) is 14.4. The Balaban J connectivity index is 2.03. The van der Waals surface area contributed by atoms with Crippen molar-refractivity contribution in [3.63, 3.8) is 0 Å². The predicted molar refractivity (Wildman–Crippen MR) is 95.7 cm³/mol. The highest BCUT2D eigenvalue weighted by Gasteiger charge is 2.11. The molecule has 0 saturated heterocycles. The molecule has 0 spiro atoms. The van der Waals surface area contributed by atoms with Crippen LogP contribution in [0.5, 0.6) is 5.75 Å².